The van der Waals surface area contributed by atoms with Crippen molar-refractivity contribution in [1.82, 2.24) is 0 Å². The molecule has 3 heteroatoms. The molecule has 1 aliphatic heterocycles. The van der Waals surface area contributed by atoms with Crippen molar-refractivity contribution in [2.75, 3.05) is 19.8 Å². The van der Waals surface area contributed by atoms with E-state index in [9.17, 15) is 0 Å². The Morgan fingerprint density at radius 3 is 1.57 bits per heavy atom. The smallest absolute Gasteiger partial charge is 0.0809 e. The Balaban J connectivity index is 0.00000484. The van der Waals surface area contributed by atoms with Crippen LogP contribution >= 0.6 is 0 Å². The summed E-state index contributed by atoms with van der Waals surface area (Å²) in [6.07, 6.45) is 21.6. The largest absolute Gasteiger partial charge is 0.376 e. The maximum absolute atomic E-state index is 5.67. The van der Waals surface area contributed by atoms with Crippen LogP contribution in [0.5, 0.6) is 0 Å². The van der Waals surface area contributed by atoms with E-state index in [0.717, 1.165) is 19.8 Å². The Labute approximate surface area is 157 Å². The summed E-state index contributed by atoms with van der Waals surface area (Å²) in [5, 5.41) is 0. The predicted octanol–water partition coefficient (Wildman–Crippen LogP) is 5.89. The molecule has 1 heterocycles. The average Bonchev–Trinajstić information content (AvgIpc) is 2.56. The van der Waals surface area contributed by atoms with Crippen LogP contribution in [-0.4, -0.2) is 44.8 Å². The summed E-state index contributed by atoms with van der Waals surface area (Å²) in [7, 11) is 0. The van der Waals surface area contributed by atoms with Crippen LogP contribution in [0.1, 0.15) is 103 Å². The topological polar surface area (TPSA) is 18.5 Å². The van der Waals surface area contributed by atoms with E-state index >= 15 is 0 Å². The molecule has 0 amide bonds. The molecule has 1 unspecified atom stereocenters. The first-order chi connectivity index (χ1) is 10.9. The molecule has 1 aliphatic rings. The molecule has 1 atom stereocenters. The maximum Gasteiger partial charge on any atom is 0.0809 e. The molecule has 0 saturated carbocycles. The van der Waals surface area contributed by atoms with Gasteiger partial charge in [0.15, 0.2) is 0 Å². The van der Waals surface area contributed by atoms with Gasteiger partial charge in [0.1, 0.15) is 0 Å². The van der Waals surface area contributed by atoms with Crippen LogP contribution in [-0.2, 0) is 9.47 Å². The van der Waals surface area contributed by atoms with Gasteiger partial charge in [0.05, 0.1) is 25.9 Å². The fourth-order valence-corrected chi connectivity index (χ4v) is 3.27. The number of hydrogen-bond acceptors (Lipinski definition) is 2. The van der Waals surface area contributed by atoms with Crippen LogP contribution in [0.2, 0.25) is 0 Å². The van der Waals surface area contributed by atoms with Gasteiger partial charge in [0.25, 0.3) is 0 Å². The fourth-order valence-electron chi connectivity index (χ4n) is 3.27. The van der Waals surface area contributed by atoms with Gasteiger partial charge in [-0.2, -0.15) is 0 Å². The third kappa shape index (κ3) is 15.8. The first kappa shape index (κ1) is 23.5. The Bertz CT molecular complexity index is 218. The van der Waals surface area contributed by atoms with Crippen LogP contribution in [0.25, 0.3) is 0 Å². The number of ether oxygens (including phenoxy) is 2. The molecule has 0 bridgehead atoms. The zero-order chi connectivity index (χ0) is 15.7. The molecule has 1 fully saturated rings. The van der Waals surface area contributed by atoms with Crippen molar-refractivity contribution in [3.8, 4) is 0 Å². The van der Waals surface area contributed by atoms with Crippen LogP contribution in [0.15, 0.2) is 0 Å². The second-order valence-electron chi connectivity index (χ2n) is 6.95. The van der Waals surface area contributed by atoms with E-state index < -0.39 is 0 Å². The minimum absolute atomic E-state index is 0. The molecule has 0 aromatic rings. The minimum Gasteiger partial charge on any atom is -0.376 e. The second kappa shape index (κ2) is 18.9. The molecule has 1 rings (SSSR count). The van der Waals surface area contributed by atoms with Gasteiger partial charge >= 0.3 is 0 Å². The minimum atomic E-state index is 0. The van der Waals surface area contributed by atoms with Gasteiger partial charge in [-0.25, -0.2) is 0 Å². The zero-order valence-electron chi connectivity index (χ0n) is 16.1. The molecule has 133 valence electrons. The van der Waals surface area contributed by atoms with Crippen LogP contribution in [0, 0.1) is 0 Å². The van der Waals surface area contributed by atoms with E-state index in [2.05, 4.69) is 6.92 Å². The first-order valence-electron chi connectivity index (χ1n) is 10.1. The van der Waals surface area contributed by atoms with E-state index in [0.29, 0.717) is 6.10 Å². The number of unbranched alkanes of at least 4 members (excludes halogenated alkanes) is 13. The molecule has 0 aromatic carbocycles. The molecule has 0 N–H and O–H groups in total. The molecular weight excluding hydrogens is 279 g/mol. The molecule has 2 nitrogen and oxygen atoms in total. The summed E-state index contributed by atoms with van der Waals surface area (Å²) in [4.78, 5) is 0. The zero-order valence-corrected chi connectivity index (χ0v) is 16.1. The monoisotopic (exact) mass is 319 g/mol. The van der Waals surface area contributed by atoms with E-state index in [1.54, 1.807) is 0 Å². The second-order valence-corrected chi connectivity index (χ2v) is 6.95. The van der Waals surface area contributed by atoms with Crippen molar-refractivity contribution in [2.45, 2.75) is 109 Å². The van der Waals surface area contributed by atoms with Crippen LogP contribution in [0.4, 0.5) is 0 Å². The van der Waals surface area contributed by atoms with Crippen molar-refractivity contribution in [2.24, 2.45) is 0 Å². The van der Waals surface area contributed by atoms with Gasteiger partial charge in [0, 0.05) is 18.9 Å². The van der Waals surface area contributed by atoms with Gasteiger partial charge < -0.3 is 9.47 Å². The molecule has 0 aliphatic carbocycles. The normalized spacial score (nSPS) is 17.9. The Kier molecular flexibility index (Phi) is 19.3. The quantitative estimate of drug-likeness (QED) is 0.277. The summed E-state index contributed by atoms with van der Waals surface area (Å²) in [5.74, 6) is 0. The number of hydrogen-bond donors (Lipinski definition) is 0. The molecule has 0 aromatic heterocycles. The summed E-state index contributed by atoms with van der Waals surface area (Å²) in [5.41, 5.74) is 0. The SMILES string of the molecule is CCCCCCCCCCCCCCCCC1COCCO1.[Li]. The van der Waals surface area contributed by atoms with Gasteiger partial charge in [-0.05, 0) is 6.42 Å². The summed E-state index contributed by atoms with van der Waals surface area (Å²) in [6.45, 7) is 4.69. The average molecular weight is 319 g/mol. The summed E-state index contributed by atoms with van der Waals surface area (Å²) < 4.78 is 11.1. The molecule has 23 heavy (non-hydrogen) atoms. The summed E-state index contributed by atoms with van der Waals surface area (Å²) >= 11 is 0. The van der Waals surface area contributed by atoms with Gasteiger partial charge in [-0.1, -0.05) is 96.8 Å². The van der Waals surface area contributed by atoms with Crippen LogP contribution < -0.4 is 0 Å². The predicted molar refractivity (Wildman–Crippen MR) is 101 cm³/mol. The fraction of sp³-hybridized carbons (Fsp3) is 1.00. The van der Waals surface area contributed by atoms with Gasteiger partial charge in [0.2, 0.25) is 0 Å². The maximum atomic E-state index is 5.67. The third-order valence-electron chi connectivity index (χ3n) is 4.76. The Hall–Kier alpha value is 0.517. The van der Waals surface area contributed by atoms with Crippen molar-refractivity contribution in [3.63, 3.8) is 0 Å². The molecule has 1 saturated heterocycles. The van der Waals surface area contributed by atoms with Crippen molar-refractivity contribution >= 4 is 18.9 Å². The number of rotatable bonds is 15. The first-order valence-corrected chi connectivity index (χ1v) is 10.1. The Morgan fingerprint density at radius 2 is 1.13 bits per heavy atom. The van der Waals surface area contributed by atoms with Crippen molar-refractivity contribution in [3.05, 3.63) is 0 Å². The van der Waals surface area contributed by atoms with E-state index in [1.165, 1.54) is 96.3 Å². The standard InChI is InChI=1S/C20H40O2.Li/c1-2-3-4-5-6-7-8-9-10-11-12-13-14-15-16-20-19-21-17-18-22-20;/h20H,2-19H2,1H3;. The van der Waals surface area contributed by atoms with Crippen molar-refractivity contribution < 1.29 is 9.47 Å². The van der Waals surface area contributed by atoms with Gasteiger partial charge in [-0.15, -0.1) is 0 Å². The van der Waals surface area contributed by atoms with Gasteiger partial charge in [-0.3, -0.25) is 0 Å². The molecule has 1 radical (unpaired) electrons. The molecule has 0 spiro atoms. The van der Waals surface area contributed by atoms with E-state index in [1.807, 2.05) is 0 Å². The van der Waals surface area contributed by atoms with E-state index in [-0.39, 0.29) is 18.9 Å². The van der Waals surface area contributed by atoms with Crippen molar-refractivity contribution in [1.29, 1.82) is 0 Å². The third-order valence-corrected chi connectivity index (χ3v) is 4.76. The Morgan fingerprint density at radius 1 is 0.652 bits per heavy atom. The van der Waals surface area contributed by atoms with E-state index in [4.69, 9.17) is 9.47 Å². The summed E-state index contributed by atoms with van der Waals surface area (Å²) in [6, 6.07) is 0. The molecular formula is C20H40LiO2. The van der Waals surface area contributed by atoms with Crippen LogP contribution in [0.3, 0.4) is 0 Å².